The van der Waals surface area contributed by atoms with Crippen molar-refractivity contribution in [3.63, 3.8) is 0 Å². The number of hydrogen-bond acceptors (Lipinski definition) is 7. The van der Waals surface area contributed by atoms with E-state index >= 15 is 0 Å². The molecule has 3 aromatic heterocycles. The Bertz CT molecular complexity index is 1100. The largest absolute Gasteiger partial charge is 0.441 e. The van der Waals surface area contributed by atoms with Crippen LogP contribution in [0.25, 0.3) is 5.52 Å². The molecule has 0 spiro atoms. The zero-order chi connectivity index (χ0) is 20.9. The first-order chi connectivity index (χ1) is 14.4. The molecule has 5 rings (SSSR count). The molecule has 3 atom stereocenters. The van der Waals surface area contributed by atoms with E-state index in [1.54, 1.807) is 29.0 Å². The normalized spacial score (nSPS) is 24.7. The van der Waals surface area contributed by atoms with Crippen LogP contribution in [-0.4, -0.2) is 55.3 Å². The molecule has 3 aromatic rings. The molecule has 1 amide bonds. The van der Waals surface area contributed by atoms with Gasteiger partial charge in [0.15, 0.2) is 23.9 Å². The number of amides is 1. The van der Waals surface area contributed by atoms with Gasteiger partial charge in [0, 0.05) is 11.6 Å². The molecule has 10 nitrogen and oxygen atoms in total. The van der Waals surface area contributed by atoms with Gasteiger partial charge in [0.1, 0.15) is 16.2 Å². The van der Waals surface area contributed by atoms with Crippen molar-refractivity contribution in [1.29, 1.82) is 0 Å². The summed E-state index contributed by atoms with van der Waals surface area (Å²) in [4.78, 5) is 16.3. The molecule has 1 saturated heterocycles. The summed E-state index contributed by atoms with van der Waals surface area (Å²) in [5.74, 6) is 0.992. The summed E-state index contributed by atoms with van der Waals surface area (Å²) in [5, 5.41) is 17.0. The van der Waals surface area contributed by atoms with Crippen LogP contribution >= 0.6 is 15.9 Å². The molecule has 3 N–H and O–H groups in total. The summed E-state index contributed by atoms with van der Waals surface area (Å²) >= 11 is 3.38. The number of fused-ring (bicyclic) bond motifs is 1. The zero-order valence-electron chi connectivity index (χ0n) is 15.9. The molecular weight excluding hydrogens is 461 g/mol. The smallest absolute Gasteiger partial charge is 0.408 e. The van der Waals surface area contributed by atoms with E-state index in [2.05, 4.69) is 46.8 Å². The van der Waals surface area contributed by atoms with Gasteiger partial charge in [-0.1, -0.05) is 0 Å². The van der Waals surface area contributed by atoms with Gasteiger partial charge in [-0.05, 0) is 41.8 Å². The van der Waals surface area contributed by atoms with E-state index in [4.69, 9.17) is 9.47 Å². The van der Waals surface area contributed by atoms with E-state index in [1.807, 2.05) is 6.92 Å². The predicted molar refractivity (Wildman–Crippen MR) is 107 cm³/mol. The summed E-state index contributed by atoms with van der Waals surface area (Å²) < 4.78 is 28.0. The van der Waals surface area contributed by atoms with Crippen molar-refractivity contribution in [3.05, 3.63) is 34.8 Å². The second-order valence-corrected chi connectivity index (χ2v) is 8.53. The number of aromatic amines is 1. The van der Waals surface area contributed by atoms with Gasteiger partial charge in [-0.2, -0.15) is 10.2 Å². The number of H-pyrrole nitrogens is 1. The van der Waals surface area contributed by atoms with Crippen LogP contribution in [0, 0.1) is 0 Å². The second-order valence-electron chi connectivity index (χ2n) is 7.72. The minimum Gasteiger partial charge on any atom is -0.441 e. The number of nitrogens with zero attached hydrogens (tertiary/aromatic N) is 4. The Balaban J connectivity index is 1.25. The molecule has 2 aliphatic rings. The number of carbonyl (C=O) groups excluding carboxylic acids is 1. The molecule has 4 heterocycles. The summed E-state index contributed by atoms with van der Waals surface area (Å²) in [6.45, 7) is 1.90. The number of rotatable bonds is 5. The number of hydrogen-bond donors (Lipinski definition) is 3. The van der Waals surface area contributed by atoms with E-state index in [1.165, 1.54) is 0 Å². The lowest BCUT2D eigenvalue weighted by Crippen LogP contribution is -2.39. The molecule has 158 valence electrons. The van der Waals surface area contributed by atoms with E-state index in [0.717, 1.165) is 18.4 Å². The molecule has 1 saturated carbocycles. The Labute approximate surface area is 178 Å². The highest BCUT2D eigenvalue weighted by Gasteiger charge is 2.44. The molecule has 0 radical (unpaired) electrons. The third kappa shape index (κ3) is 3.60. The van der Waals surface area contributed by atoms with Crippen LogP contribution in [0.1, 0.15) is 31.6 Å². The van der Waals surface area contributed by atoms with Crippen molar-refractivity contribution in [2.24, 2.45) is 0 Å². The lowest BCUT2D eigenvalue weighted by molar-refractivity contribution is 0.0604. The number of aromatic nitrogens is 5. The van der Waals surface area contributed by atoms with Crippen LogP contribution in [-0.2, 0) is 9.47 Å². The highest BCUT2D eigenvalue weighted by atomic mass is 79.9. The Kier molecular flexibility index (Phi) is 4.62. The lowest BCUT2D eigenvalue weighted by Gasteiger charge is -2.17. The number of anilines is 2. The topological polar surface area (TPSA) is 118 Å². The lowest BCUT2D eigenvalue weighted by atomic mass is 10.1. The number of halogens is 2. The molecule has 2 fully saturated rings. The van der Waals surface area contributed by atoms with Crippen LogP contribution in [0.4, 0.5) is 20.8 Å². The predicted octanol–water partition coefficient (Wildman–Crippen LogP) is 3.02. The number of alkyl carbamates (subject to hydrolysis) is 1. The maximum Gasteiger partial charge on any atom is 0.408 e. The maximum absolute atomic E-state index is 14.9. The fourth-order valence-corrected chi connectivity index (χ4v) is 3.70. The summed E-state index contributed by atoms with van der Waals surface area (Å²) in [6.07, 6.45) is 1.05. The number of nitrogens with one attached hydrogen (secondary N) is 3. The molecule has 0 aromatic carbocycles. The van der Waals surface area contributed by atoms with E-state index in [0.29, 0.717) is 21.9 Å². The summed E-state index contributed by atoms with van der Waals surface area (Å²) in [5.41, 5.74) is 0.957. The number of ether oxygens (including phenoxy) is 2. The number of carbonyl (C=O) groups is 1. The first-order valence-corrected chi connectivity index (χ1v) is 10.3. The minimum atomic E-state index is -1.51. The quantitative estimate of drug-likeness (QED) is 0.514. The molecule has 12 heteroatoms. The van der Waals surface area contributed by atoms with Gasteiger partial charge < -0.3 is 20.1 Å². The Morgan fingerprint density at radius 2 is 2.33 bits per heavy atom. The molecule has 0 unspecified atom stereocenters. The van der Waals surface area contributed by atoms with Gasteiger partial charge in [-0.15, -0.1) is 0 Å². The molecular formula is C18H19BrFN7O3. The fourth-order valence-electron chi connectivity index (χ4n) is 3.32. The van der Waals surface area contributed by atoms with Gasteiger partial charge in [-0.25, -0.2) is 18.7 Å². The maximum atomic E-state index is 14.9. The first kappa shape index (κ1) is 19.2. The van der Waals surface area contributed by atoms with Crippen LogP contribution in [0.3, 0.4) is 0 Å². The van der Waals surface area contributed by atoms with Gasteiger partial charge in [0.25, 0.3) is 0 Å². The molecule has 1 aliphatic heterocycles. The Morgan fingerprint density at radius 1 is 1.50 bits per heavy atom. The SMILES string of the molecule is CC1(NC(=O)O[C@H]2CO[C@@H](c3cc(Nc4ncc(Br)n5nccc45)n[nH]3)[C@@H]2F)CC1. The van der Waals surface area contributed by atoms with Crippen LogP contribution in [0.15, 0.2) is 29.1 Å². The molecule has 0 bridgehead atoms. The summed E-state index contributed by atoms with van der Waals surface area (Å²) in [7, 11) is 0. The van der Waals surface area contributed by atoms with Crippen LogP contribution in [0.2, 0.25) is 0 Å². The van der Waals surface area contributed by atoms with Crippen molar-refractivity contribution in [1.82, 2.24) is 30.1 Å². The molecule has 30 heavy (non-hydrogen) atoms. The minimum absolute atomic E-state index is 0.0253. The third-order valence-corrected chi connectivity index (χ3v) is 5.83. The van der Waals surface area contributed by atoms with E-state index < -0.39 is 24.5 Å². The summed E-state index contributed by atoms with van der Waals surface area (Å²) in [6, 6.07) is 3.45. The zero-order valence-corrected chi connectivity index (χ0v) is 17.5. The Hall–Kier alpha value is -2.73. The highest BCUT2D eigenvalue weighted by molar-refractivity contribution is 9.10. The third-order valence-electron chi connectivity index (χ3n) is 5.29. The number of alkyl halides is 1. The van der Waals surface area contributed by atoms with Gasteiger partial charge in [0.2, 0.25) is 0 Å². The van der Waals surface area contributed by atoms with Gasteiger partial charge in [0.05, 0.1) is 24.7 Å². The molecule has 1 aliphatic carbocycles. The van der Waals surface area contributed by atoms with Crippen molar-refractivity contribution in [2.45, 2.75) is 43.7 Å². The fraction of sp³-hybridized carbons (Fsp3) is 0.444. The Morgan fingerprint density at radius 3 is 3.13 bits per heavy atom. The highest BCUT2D eigenvalue weighted by Crippen LogP contribution is 2.36. The van der Waals surface area contributed by atoms with Crippen LogP contribution in [0.5, 0.6) is 0 Å². The van der Waals surface area contributed by atoms with Gasteiger partial charge >= 0.3 is 6.09 Å². The average Bonchev–Trinajstić information content (AvgIpc) is 3.14. The first-order valence-electron chi connectivity index (χ1n) is 9.47. The average molecular weight is 480 g/mol. The van der Waals surface area contributed by atoms with Crippen molar-refractivity contribution < 1.29 is 18.7 Å². The van der Waals surface area contributed by atoms with Gasteiger partial charge in [-0.3, -0.25) is 5.10 Å². The standard InChI is InChI=1S/C18H19BrFN7O3/c1-18(3-4-18)24-17(28)30-11-8-29-15(14(11)20)9-6-13(26-25-9)23-16-10-2-5-22-27(10)12(19)7-21-16/h2,5-7,11,14-15H,3-4,8H2,1H3,(H,24,28)(H2,21,23,25,26)/t11-,14+,15-/m0/s1. The van der Waals surface area contributed by atoms with Crippen LogP contribution < -0.4 is 10.6 Å². The second kappa shape index (κ2) is 7.20. The van der Waals surface area contributed by atoms with E-state index in [9.17, 15) is 9.18 Å². The monoisotopic (exact) mass is 479 g/mol. The van der Waals surface area contributed by atoms with Crippen molar-refractivity contribution in [3.8, 4) is 0 Å². The van der Waals surface area contributed by atoms with E-state index in [-0.39, 0.29) is 12.1 Å². The van der Waals surface area contributed by atoms with Crippen molar-refractivity contribution in [2.75, 3.05) is 11.9 Å². The van der Waals surface area contributed by atoms with Crippen molar-refractivity contribution >= 4 is 39.2 Å².